The fourth-order valence-electron chi connectivity index (χ4n) is 5.52. The van der Waals surface area contributed by atoms with Gasteiger partial charge in [0, 0.05) is 43.9 Å². The zero-order chi connectivity index (χ0) is 28.4. The van der Waals surface area contributed by atoms with Crippen LogP contribution in [0.1, 0.15) is 39.3 Å². The van der Waals surface area contributed by atoms with Gasteiger partial charge in [-0.15, -0.1) is 10.2 Å². The molecular weight excluding hydrogens is 518 g/mol. The van der Waals surface area contributed by atoms with Crippen molar-refractivity contribution in [2.24, 2.45) is 5.41 Å². The van der Waals surface area contributed by atoms with Crippen molar-refractivity contribution in [3.63, 3.8) is 0 Å². The summed E-state index contributed by atoms with van der Waals surface area (Å²) in [4.78, 5) is 37.8. The lowest BCUT2D eigenvalue weighted by molar-refractivity contribution is 0.0127. The van der Waals surface area contributed by atoms with Gasteiger partial charge in [0.2, 0.25) is 5.88 Å². The Kier molecular flexibility index (Phi) is 7.74. The fourth-order valence-corrected chi connectivity index (χ4v) is 5.52. The second kappa shape index (κ2) is 11.2. The molecule has 40 heavy (non-hydrogen) atoms. The number of ether oxygens (including phenoxy) is 3. The van der Waals surface area contributed by atoms with Crippen molar-refractivity contribution in [2.75, 3.05) is 33.4 Å². The fraction of sp³-hybridized carbons (Fsp3) is 0.556. The lowest BCUT2D eigenvalue weighted by Gasteiger charge is -2.48. The highest BCUT2D eigenvalue weighted by Crippen LogP contribution is 2.35. The van der Waals surface area contributed by atoms with Crippen molar-refractivity contribution in [2.45, 2.75) is 58.8 Å². The SMILES string of the molecule is COc1cnc2ccc(=O)n(CCN3CCC(N(Cc4cc5c(nn4)OCCO5)C(=O)O)CC3C(C)(C)C)c2n1. The average Bonchev–Trinajstić information content (AvgIpc) is 2.94. The molecule has 2 aliphatic rings. The number of amides is 1. The number of carboxylic acid groups (broad SMARTS) is 1. The molecule has 2 unspecified atom stereocenters. The van der Waals surface area contributed by atoms with E-state index in [0.717, 1.165) is 0 Å². The smallest absolute Gasteiger partial charge is 0.407 e. The molecule has 1 amide bonds. The molecule has 0 aromatic carbocycles. The summed E-state index contributed by atoms with van der Waals surface area (Å²) in [6.45, 7) is 9.10. The van der Waals surface area contributed by atoms with Crippen molar-refractivity contribution in [1.29, 1.82) is 0 Å². The molecule has 1 N–H and O–H groups in total. The molecule has 13 heteroatoms. The predicted molar refractivity (Wildman–Crippen MR) is 145 cm³/mol. The molecular formula is C27H35N7O6. The minimum Gasteiger partial charge on any atom is -0.484 e. The summed E-state index contributed by atoms with van der Waals surface area (Å²) in [5, 5.41) is 18.4. The number of aromatic nitrogens is 5. The summed E-state index contributed by atoms with van der Waals surface area (Å²) in [6, 6.07) is 4.74. The highest BCUT2D eigenvalue weighted by molar-refractivity contribution is 5.70. The largest absolute Gasteiger partial charge is 0.484 e. The number of fused-ring (bicyclic) bond motifs is 2. The molecule has 2 atom stereocenters. The highest BCUT2D eigenvalue weighted by atomic mass is 16.6. The second-order valence-electron chi connectivity index (χ2n) is 11.2. The zero-order valence-corrected chi connectivity index (χ0v) is 23.2. The molecule has 0 spiro atoms. The van der Waals surface area contributed by atoms with Crippen molar-refractivity contribution >= 4 is 17.3 Å². The maximum absolute atomic E-state index is 12.8. The summed E-state index contributed by atoms with van der Waals surface area (Å²) in [6.07, 6.45) is 1.82. The van der Waals surface area contributed by atoms with Crippen LogP contribution >= 0.6 is 0 Å². The van der Waals surface area contributed by atoms with Crippen molar-refractivity contribution < 1.29 is 24.1 Å². The first-order valence-corrected chi connectivity index (χ1v) is 13.4. The van der Waals surface area contributed by atoms with E-state index in [9.17, 15) is 14.7 Å². The van der Waals surface area contributed by atoms with Crippen LogP contribution in [-0.4, -0.2) is 91.2 Å². The third-order valence-electron chi connectivity index (χ3n) is 7.55. The molecule has 214 valence electrons. The van der Waals surface area contributed by atoms with Gasteiger partial charge in [0.1, 0.15) is 18.7 Å². The number of hydrogen-bond acceptors (Lipinski definition) is 10. The zero-order valence-electron chi connectivity index (χ0n) is 23.2. The maximum Gasteiger partial charge on any atom is 0.407 e. The summed E-state index contributed by atoms with van der Waals surface area (Å²) < 4.78 is 17.9. The summed E-state index contributed by atoms with van der Waals surface area (Å²) in [7, 11) is 1.51. The topological polar surface area (TPSA) is 145 Å². The number of nitrogens with zero attached hydrogens (tertiary/aromatic N) is 7. The van der Waals surface area contributed by atoms with E-state index >= 15 is 0 Å². The van der Waals surface area contributed by atoms with E-state index in [1.165, 1.54) is 24.3 Å². The number of pyridine rings is 1. The summed E-state index contributed by atoms with van der Waals surface area (Å²) in [5.41, 5.74) is 1.31. The van der Waals surface area contributed by atoms with Crippen molar-refractivity contribution in [3.05, 3.63) is 40.4 Å². The molecule has 5 rings (SSSR count). The van der Waals surface area contributed by atoms with Crippen LogP contribution in [0.5, 0.6) is 17.5 Å². The lowest BCUT2D eigenvalue weighted by Crippen LogP contribution is -2.56. The quantitative estimate of drug-likeness (QED) is 0.460. The maximum atomic E-state index is 12.8. The Hall–Kier alpha value is -4.00. The molecule has 1 fully saturated rings. The van der Waals surface area contributed by atoms with Gasteiger partial charge in [0.05, 0.1) is 25.5 Å². The van der Waals surface area contributed by atoms with E-state index in [1.807, 2.05) is 0 Å². The minimum atomic E-state index is -1.00. The van der Waals surface area contributed by atoms with Gasteiger partial charge in [0.25, 0.3) is 11.4 Å². The number of rotatable bonds is 7. The van der Waals surface area contributed by atoms with Crippen LogP contribution in [0.2, 0.25) is 0 Å². The van der Waals surface area contributed by atoms with Gasteiger partial charge < -0.3 is 19.3 Å². The van der Waals surface area contributed by atoms with Crippen LogP contribution in [-0.2, 0) is 13.1 Å². The van der Waals surface area contributed by atoms with Gasteiger partial charge in [-0.3, -0.25) is 19.2 Å². The molecule has 2 aliphatic heterocycles. The Morgan fingerprint density at radius 3 is 2.75 bits per heavy atom. The van der Waals surface area contributed by atoms with Gasteiger partial charge in [-0.05, 0) is 24.3 Å². The van der Waals surface area contributed by atoms with E-state index in [4.69, 9.17) is 14.2 Å². The summed E-state index contributed by atoms with van der Waals surface area (Å²) in [5.74, 6) is 1.15. The monoisotopic (exact) mass is 553 g/mol. The Labute approximate surface area is 231 Å². The number of carbonyl (C=O) groups is 1. The van der Waals surface area contributed by atoms with E-state index in [-0.39, 0.29) is 29.6 Å². The third-order valence-corrected chi connectivity index (χ3v) is 7.55. The van der Waals surface area contributed by atoms with Crippen LogP contribution in [0.4, 0.5) is 4.79 Å². The first-order valence-electron chi connectivity index (χ1n) is 13.4. The Bertz CT molecular complexity index is 1440. The number of piperidine rings is 1. The predicted octanol–water partition coefficient (Wildman–Crippen LogP) is 2.42. The van der Waals surface area contributed by atoms with Crippen LogP contribution < -0.4 is 19.8 Å². The standard InChI is InChI=1S/C27H35N7O6/c1-27(2,3)21-14-18(34(26(36)37)16-17-13-20-25(31-30-17)40-12-11-39-20)7-8-32(21)9-10-33-23(35)6-5-19-24(33)29-22(38-4)15-28-19/h5-6,13,15,18,21H,7-12,14,16H2,1-4H3,(H,36,37). The molecule has 5 heterocycles. The Morgan fingerprint density at radius 1 is 1.20 bits per heavy atom. The Balaban J connectivity index is 1.33. The van der Waals surface area contributed by atoms with E-state index in [1.54, 1.807) is 16.7 Å². The molecule has 0 saturated carbocycles. The molecule has 1 saturated heterocycles. The molecule has 3 aromatic rings. The molecule has 13 nitrogen and oxygen atoms in total. The third kappa shape index (κ3) is 5.79. The van der Waals surface area contributed by atoms with Gasteiger partial charge in [-0.1, -0.05) is 20.8 Å². The minimum absolute atomic E-state index is 0.0748. The van der Waals surface area contributed by atoms with Crippen molar-refractivity contribution in [1.82, 2.24) is 34.5 Å². The van der Waals surface area contributed by atoms with Gasteiger partial charge in [0.15, 0.2) is 11.4 Å². The molecule has 3 aromatic heterocycles. The van der Waals surface area contributed by atoms with Crippen LogP contribution in [0.3, 0.4) is 0 Å². The van der Waals surface area contributed by atoms with Crippen LogP contribution in [0.25, 0.3) is 11.2 Å². The van der Waals surface area contributed by atoms with Gasteiger partial charge in [-0.25, -0.2) is 9.78 Å². The van der Waals surface area contributed by atoms with Gasteiger partial charge in [-0.2, -0.15) is 4.98 Å². The average molecular weight is 554 g/mol. The number of methoxy groups -OCH3 is 1. The number of likely N-dealkylation sites (tertiary alicyclic amines) is 1. The van der Waals surface area contributed by atoms with Gasteiger partial charge >= 0.3 is 6.09 Å². The Morgan fingerprint density at radius 2 is 2.00 bits per heavy atom. The highest BCUT2D eigenvalue weighted by Gasteiger charge is 2.39. The number of hydrogen-bond donors (Lipinski definition) is 1. The van der Waals surface area contributed by atoms with E-state index in [2.05, 4.69) is 45.8 Å². The first-order chi connectivity index (χ1) is 19.1. The summed E-state index contributed by atoms with van der Waals surface area (Å²) >= 11 is 0. The first kappa shape index (κ1) is 27.6. The normalized spacial score (nSPS) is 19.4. The van der Waals surface area contributed by atoms with Crippen LogP contribution in [0.15, 0.2) is 29.2 Å². The van der Waals surface area contributed by atoms with Crippen LogP contribution in [0, 0.1) is 5.41 Å². The van der Waals surface area contributed by atoms with E-state index < -0.39 is 6.09 Å². The molecule has 0 radical (unpaired) electrons. The lowest BCUT2D eigenvalue weighted by atomic mass is 9.78. The van der Waals surface area contributed by atoms with E-state index in [0.29, 0.717) is 80.1 Å². The molecule has 0 aliphatic carbocycles. The van der Waals surface area contributed by atoms with Crippen molar-refractivity contribution in [3.8, 4) is 17.5 Å². The molecule has 0 bridgehead atoms. The second-order valence-corrected chi connectivity index (χ2v) is 11.2.